The van der Waals surface area contributed by atoms with Crippen molar-refractivity contribution in [2.24, 2.45) is 0 Å². The maximum Gasteiger partial charge on any atom is 0.471 e. The minimum atomic E-state index is -4.82. The Morgan fingerprint density at radius 2 is 2.00 bits per heavy atom. The lowest BCUT2D eigenvalue weighted by molar-refractivity contribution is -0.187. The molecule has 7 heteroatoms. The highest BCUT2D eigenvalue weighted by Gasteiger charge is 2.55. The van der Waals surface area contributed by atoms with Gasteiger partial charge in [-0.05, 0) is 18.1 Å². The van der Waals surface area contributed by atoms with Crippen LogP contribution in [0.4, 0.5) is 18.9 Å². The Labute approximate surface area is 145 Å². The van der Waals surface area contributed by atoms with E-state index in [9.17, 15) is 18.0 Å². The Hall–Kier alpha value is -1.92. The van der Waals surface area contributed by atoms with E-state index in [-0.39, 0.29) is 19.1 Å². The van der Waals surface area contributed by atoms with Crippen molar-refractivity contribution in [3.8, 4) is 5.75 Å². The summed E-state index contributed by atoms with van der Waals surface area (Å²) in [5.74, 6) is -0.947. The van der Waals surface area contributed by atoms with Crippen LogP contribution in [0.25, 0.3) is 0 Å². The topological polar surface area (TPSA) is 32.8 Å². The molecule has 4 rings (SSSR count). The predicted molar refractivity (Wildman–Crippen MR) is 89.0 cm³/mol. The summed E-state index contributed by atoms with van der Waals surface area (Å²) in [7, 11) is 0. The Morgan fingerprint density at radius 1 is 1.28 bits per heavy atom. The summed E-state index contributed by atoms with van der Waals surface area (Å²) in [6.07, 6.45) is -4.28. The zero-order valence-corrected chi connectivity index (χ0v) is 14.7. The third-order valence-electron chi connectivity index (χ3n) is 5.32. The van der Waals surface area contributed by atoms with Gasteiger partial charge < -0.3 is 14.5 Å². The maximum absolute atomic E-state index is 12.8. The number of rotatable bonds is 0. The van der Waals surface area contributed by atoms with Crippen LogP contribution in [0.15, 0.2) is 18.2 Å². The summed E-state index contributed by atoms with van der Waals surface area (Å²) in [6, 6.07) is 5.82. The van der Waals surface area contributed by atoms with Gasteiger partial charge in [0.1, 0.15) is 12.4 Å². The molecule has 0 spiro atoms. The summed E-state index contributed by atoms with van der Waals surface area (Å²) in [5.41, 5.74) is 1.48. The molecule has 0 aliphatic carbocycles. The summed E-state index contributed by atoms with van der Waals surface area (Å²) in [6.45, 7) is 7.50. The molecule has 1 fully saturated rings. The van der Waals surface area contributed by atoms with Crippen molar-refractivity contribution in [1.29, 1.82) is 0 Å². The molecule has 4 nitrogen and oxygen atoms in total. The SMILES string of the molecule is CC.CC12CN(C(=O)C(F)(F)F)CCC1N1CCOc3cccc2c31. The van der Waals surface area contributed by atoms with Gasteiger partial charge in [-0.25, -0.2) is 0 Å². The highest BCUT2D eigenvalue weighted by atomic mass is 19.4. The lowest BCUT2D eigenvalue weighted by atomic mass is 9.74. The van der Waals surface area contributed by atoms with Gasteiger partial charge in [0.2, 0.25) is 0 Å². The summed E-state index contributed by atoms with van der Waals surface area (Å²) >= 11 is 0. The fourth-order valence-corrected chi connectivity index (χ4v) is 4.37. The number of amides is 1. The number of carbonyl (C=O) groups excluding carboxylic acids is 1. The van der Waals surface area contributed by atoms with Gasteiger partial charge >= 0.3 is 12.1 Å². The number of hydrogen-bond donors (Lipinski definition) is 0. The van der Waals surface area contributed by atoms with E-state index in [2.05, 4.69) is 4.90 Å². The molecule has 138 valence electrons. The van der Waals surface area contributed by atoms with Crippen LogP contribution in [-0.4, -0.2) is 49.3 Å². The largest absolute Gasteiger partial charge is 0.490 e. The normalized spacial score (nSPS) is 26.9. The number of piperidine rings is 1. The molecule has 2 unspecified atom stereocenters. The first-order valence-electron chi connectivity index (χ1n) is 8.71. The van der Waals surface area contributed by atoms with Crippen molar-refractivity contribution in [3.63, 3.8) is 0 Å². The van der Waals surface area contributed by atoms with Gasteiger partial charge in [0.25, 0.3) is 0 Å². The average Bonchev–Trinajstić information content (AvgIpc) is 2.86. The van der Waals surface area contributed by atoms with Gasteiger partial charge in [-0.2, -0.15) is 13.2 Å². The number of para-hydroxylation sites is 1. The fourth-order valence-electron chi connectivity index (χ4n) is 4.37. The maximum atomic E-state index is 12.8. The Kier molecular flexibility index (Phi) is 4.37. The predicted octanol–water partition coefficient (Wildman–Crippen LogP) is 3.35. The molecular formula is C18H23F3N2O2. The molecule has 3 heterocycles. The van der Waals surface area contributed by atoms with Gasteiger partial charge in [-0.15, -0.1) is 0 Å². The van der Waals surface area contributed by atoms with Crippen LogP contribution in [0.5, 0.6) is 5.75 Å². The Bertz CT molecular complexity index is 677. The van der Waals surface area contributed by atoms with E-state index < -0.39 is 17.5 Å². The van der Waals surface area contributed by atoms with E-state index in [0.717, 1.165) is 28.4 Å². The highest BCUT2D eigenvalue weighted by Crippen LogP contribution is 2.53. The number of alkyl halides is 3. The number of halogens is 3. The second kappa shape index (κ2) is 6.11. The smallest absolute Gasteiger partial charge is 0.471 e. The van der Waals surface area contributed by atoms with Gasteiger partial charge in [-0.3, -0.25) is 4.79 Å². The molecule has 2 atom stereocenters. The van der Waals surface area contributed by atoms with Crippen molar-refractivity contribution in [1.82, 2.24) is 4.90 Å². The van der Waals surface area contributed by atoms with E-state index in [1.165, 1.54) is 0 Å². The third kappa shape index (κ3) is 2.64. The fraction of sp³-hybridized carbons (Fsp3) is 0.611. The molecular weight excluding hydrogens is 333 g/mol. The lowest BCUT2D eigenvalue weighted by Gasteiger charge is -2.45. The van der Waals surface area contributed by atoms with Gasteiger partial charge in [0.15, 0.2) is 0 Å². The molecule has 1 aromatic carbocycles. The number of hydrogen-bond acceptors (Lipinski definition) is 3. The number of carbonyl (C=O) groups is 1. The van der Waals surface area contributed by atoms with Crippen molar-refractivity contribution < 1.29 is 22.7 Å². The number of fused-ring (bicyclic) bond motifs is 3. The van der Waals surface area contributed by atoms with E-state index >= 15 is 0 Å². The first-order chi connectivity index (χ1) is 11.8. The van der Waals surface area contributed by atoms with Crippen LogP contribution in [0.2, 0.25) is 0 Å². The minimum absolute atomic E-state index is 0.0863. The van der Waals surface area contributed by atoms with E-state index in [1.807, 2.05) is 39.0 Å². The number of nitrogens with zero attached hydrogens (tertiary/aromatic N) is 2. The molecule has 1 aromatic rings. The molecule has 0 radical (unpaired) electrons. The van der Waals surface area contributed by atoms with Crippen LogP contribution >= 0.6 is 0 Å². The zero-order chi connectivity index (χ0) is 18.4. The van der Waals surface area contributed by atoms with Gasteiger partial charge in [-0.1, -0.05) is 32.9 Å². The van der Waals surface area contributed by atoms with E-state index in [1.54, 1.807) is 0 Å². The van der Waals surface area contributed by atoms with Crippen LogP contribution in [0.1, 0.15) is 32.8 Å². The summed E-state index contributed by atoms with van der Waals surface area (Å²) < 4.78 is 44.1. The summed E-state index contributed by atoms with van der Waals surface area (Å²) in [4.78, 5) is 14.9. The Balaban J connectivity index is 0.000000880. The molecule has 0 bridgehead atoms. The number of anilines is 1. The number of likely N-dealkylation sites (tertiary alicyclic amines) is 1. The second-order valence-electron chi connectivity index (χ2n) is 6.64. The van der Waals surface area contributed by atoms with Crippen molar-refractivity contribution in [3.05, 3.63) is 23.8 Å². The van der Waals surface area contributed by atoms with Crippen molar-refractivity contribution in [2.75, 3.05) is 31.1 Å². The third-order valence-corrected chi connectivity index (χ3v) is 5.32. The van der Waals surface area contributed by atoms with E-state index in [0.29, 0.717) is 13.0 Å². The zero-order valence-electron chi connectivity index (χ0n) is 14.7. The molecule has 3 aliphatic rings. The van der Waals surface area contributed by atoms with Gasteiger partial charge in [0, 0.05) is 24.5 Å². The van der Waals surface area contributed by atoms with Crippen LogP contribution in [0, 0.1) is 0 Å². The highest BCUT2D eigenvalue weighted by molar-refractivity contribution is 5.83. The average molecular weight is 356 g/mol. The molecule has 0 N–H and O–H groups in total. The molecule has 3 aliphatic heterocycles. The Morgan fingerprint density at radius 3 is 2.68 bits per heavy atom. The molecule has 0 aromatic heterocycles. The van der Waals surface area contributed by atoms with Crippen LogP contribution in [0.3, 0.4) is 0 Å². The first kappa shape index (κ1) is 17.9. The summed E-state index contributed by atoms with van der Waals surface area (Å²) in [5, 5.41) is 0. The monoisotopic (exact) mass is 356 g/mol. The van der Waals surface area contributed by atoms with E-state index in [4.69, 9.17) is 4.74 Å². The number of ether oxygens (including phenoxy) is 1. The van der Waals surface area contributed by atoms with Crippen LogP contribution in [-0.2, 0) is 10.2 Å². The quantitative estimate of drug-likeness (QED) is 0.715. The molecule has 0 saturated carbocycles. The van der Waals surface area contributed by atoms with Crippen LogP contribution < -0.4 is 9.64 Å². The minimum Gasteiger partial charge on any atom is -0.490 e. The standard InChI is InChI=1S/C16H17F3N2O2.C2H6/c1-15-9-20(14(22)16(17,18)19)6-5-12(15)21-7-8-23-11-4-2-3-10(15)13(11)21;1-2/h2-4,12H,5-9H2,1H3;1-2H3. The van der Waals surface area contributed by atoms with Crippen molar-refractivity contribution >= 4 is 11.6 Å². The molecule has 25 heavy (non-hydrogen) atoms. The number of benzene rings is 1. The van der Waals surface area contributed by atoms with Gasteiger partial charge in [0.05, 0.1) is 12.2 Å². The second-order valence-corrected chi connectivity index (χ2v) is 6.64. The van der Waals surface area contributed by atoms with Crippen molar-refractivity contribution in [2.45, 2.75) is 44.8 Å². The molecule has 1 amide bonds. The lowest BCUT2D eigenvalue weighted by Crippen LogP contribution is -2.59. The molecule has 1 saturated heterocycles. The first-order valence-corrected chi connectivity index (χ1v) is 8.71.